The van der Waals surface area contributed by atoms with Crippen molar-refractivity contribution in [3.8, 4) is 6.07 Å². The second-order valence-corrected chi connectivity index (χ2v) is 6.95. The van der Waals surface area contributed by atoms with E-state index in [0.717, 1.165) is 0 Å². The van der Waals surface area contributed by atoms with Crippen LogP contribution in [0, 0.1) is 18.3 Å². The molecule has 0 radical (unpaired) electrons. The van der Waals surface area contributed by atoms with Crippen LogP contribution in [-0.4, -0.2) is 54.0 Å². The van der Waals surface area contributed by atoms with Crippen molar-refractivity contribution in [1.82, 2.24) is 19.6 Å². The lowest BCUT2D eigenvalue weighted by molar-refractivity contribution is -0.0603. The highest BCUT2D eigenvalue weighted by Gasteiger charge is 2.63. The van der Waals surface area contributed by atoms with Crippen LogP contribution in [0.15, 0.2) is 12.5 Å². The normalized spacial score (nSPS) is 38.8. The van der Waals surface area contributed by atoms with E-state index in [2.05, 4.69) is 19.6 Å². The molecule has 0 amide bonds. The lowest BCUT2D eigenvalue weighted by Crippen LogP contribution is -2.48. The summed E-state index contributed by atoms with van der Waals surface area (Å²) < 4.78 is 28.3. The number of phosphoric acid groups is 1. The first kappa shape index (κ1) is 15.6. The molecule has 0 aliphatic carbocycles. The smallest absolute Gasteiger partial charge is 0.371 e. The molecule has 4 heterocycles. The fourth-order valence-electron chi connectivity index (χ4n) is 2.94. The molecule has 2 N–H and O–H groups in total. The van der Waals surface area contributed by atoms with E-state index in [-0.39, 0.29) is 6.61 Å². The Balaban J connectivity index is 1.82. The fraction of sp³-hybridized carbons (Fsp3) is 0.500. The second kappa shape index (κ2) is 5.03. The number of nitrogens with zero attached hydrogens (tertiary/aromatic N) is 5. The minimum absolute atomic E-state index is 0.288. The molecule has 2 fully saturated rings. The highest BCUT2D eigenvalue weighted by atomic mass is 31.2. The van der Waals surface area contributed by atoms with Gasteiger partial charge in [0.15, 0.2) is 5.65 Å². The van der Waals surface area contributed by atoms with Gasteiger partial charge in [-0.15, -0.1) is 0 Å². The van der Waals surface area contributed by atoms with E-state index in [1.165, 1.54) is 17.0 Å². The van der Waals surface area contributed by atoms with Gasteiger partial charge in [0.25, 0.3) is 0 Å². The van der Waals surface area contributed by atoms with Crippen LogP contribution in [0.2, 0.25) is 0 Å². The molecule has 126 valence electrons. The Labute approximate surface area is 135 Å². The van der Waals surface area contributed by atoms with E-state index in [1.807, 2.05) is 0 Å². The number of phosphoric ester groups is 1. The van der Waals surface area contributed by atoms with Crippen LogP contribution in [0.3, 0.4) is 0 Å². The van der Waals surface area contributed by atoms with Crippen molar-refractivity contribution >= 4 is 13.5 Å². The molecule has 0 aromatic carbocycles. The van der Waals surface area contributed by atoms with Gasteiger partial charge in [0.2, 0.25) is 5.60 Å². The summed E-state index contributed by atoms with van der Waals surface area (Å²) >= 11 is 0. The van der Waals surface area contributed by atoms with Crippen molar-refractivity contribution in [2.45, 2.75) is 30.8 Å². The van der Waals surface area contributed by atoms with Crippen molar-refractivity contribution < 1.29 is 28.3 Å². The molecule has 24 heavy (non-hydrogen) atoms. The van der Waals surface area contributed by atoms with Gasteiger partial charge in [-0.05, 0) is 6.92 Å². The molecule has 2 aromatic heterocycles. The Morgan fingerprint density at radius 3 is 3.08 bits per heavy atom. The molecule has 11 nitrogen and oxygen atoms in total. The first-order valence-corrected chi connectivity index (χ1v) is 8.45. The monoisotopic (exact) mass is 353 g/mol. The number of rotatable bonds is 1. The molecule has 12 heteroatoms. The highest BCUT2D eigenvalue weighted by molar-refractivity contribution is 7.47. The Hall–Kier alpha value is -1.93. The Morgan fingerprint density at radius 1 is 1.54 bits per heavy atom. The molecule has 2 aliphatic heterocycles. The highest BCUT2D eigenvalue weighted by Crippen LogP contribution is 2.56. The molecule has 0 bridgehead atoms. The zero-order valence-electron chi connectivity index (χ0n) is 12.3. The quantitative estimate of drug-likeness (QED) is 0.513. The van der Waals surface area contributed by atoms with Gasteiger partial charge in [0.05, 0.1) is 24.2 Å². The zero-order chi connectivity index (χ0) is 17.1. The minimum atomic E-state index is -4.35. The second-order valence-electron chi connectivity index (χ2n) is 5.55. The van der Waals surface area contributed by atoms with Crippen LogP contribution in [-0.2, 0) is 18.3 Å². The summed E-state index contributed by atoms with van der Waals surface area (Å²) in [6.07, 6.45) is -0.708. The molecule has 2 aliphatic rings. The first-order chi connectivity index (χ1) is 11.4. The van der Waals surface area contributed by atoms with Gasteiger partial charge in [0, 0.05) is 0 Å². The molecule has 2 saturated heterocycles. The predicted octanol–water partition coefficient (Wildman–Crippen LogP) is -0.357. The lowest BCUT2D eigenvalue weighted by Gasteiger charge is -2.31. The molecule has 0 spiro atoms. The maximum atomic E-state index is 11.6. The van der Waals surface area contributed by atoms with Gasteiger partial charge in [-0.2, -0.15) is 10.4 Å². The van der Waals surface area contributed by atoms with Gasteiger partial charge in [-0.1, -0.05) is 0 Å². The summed E-state index contributed by atoms with van der Waals surface area (Å²) in [5.41, 5.74) is -0.866. The summed E-state index contributed by atoms with van der Waals surface area (Å²) in [6.45, 7) is 1.45. The molecule has 5 atom stereocenters. The van der Waals surface area contributed by atoms with Gasteiger partial charge in [0.1, 0.15) is 30.7 Å². The van der Waals surface area contributed by atoms with E-state index in [9.17, 15) is 19.8 Å². The summed E-state index contributed by atoms with van der Waals surface area (Å²) in [5, 5.41) is 24.4. The number of fused-ring (bicyclic) bond motifs is 2. The van der Waals surface area contributed by atoms with Gasteiger partial charge in [-0.25, -0.2) is 19.0 Å². The Bertz CT molecular complexity index is 911. The number of aryl methyl sites for hydroxylation is 1. The zero-order valence-corrected chi connectivity index (χ0v) is 13.2. The molecule has 0 saturated carbocycles. The number of hydrogen-bond donors (Lipinski definition) is 2. The molecular weight excluding hydrogens is 341 g/mol. The third kappa shape index (κ3) is 2.09. The van der Waals surface area contributed by atoms with Crippen molar-refractivity contribution in [3.05, 3.63) is 23.9 Å². The number of ether oxygens (including phenoxy) is 1. The molecule has 4 rings (SSSR count). The van der Waals surface area contributed by atoms with E-state index in [0.29, 0.717) is 17.0 Å². The SMILES string of the molecule is Cc1ncnn2c([C@@H]3O[C@@H]4COP(=O)(O)O[C@H]4[C@]3(O)C#N)cnc12. The number of imidazole rings is 1. The average Bonchev–Trinajstić information content (AvgIpc) is 3.08. The predicted molar refractivity (Wildman–Crippen MR) is 74.3 cm³/mol. The topological polar surface area (TPSA) is 152 Å². The van der Waals surface area contributed by atoms with Gasteiger partial charge < -0.3 is 14.7 Å². The molecular formula is C12H12N5O6P. The number of hydrogen-bond acceptors (Lipinski definition) is 9. The van der Waals surface area contributed by atoms with E-state index in [4.69, 9.17) is 9.26 Å². The maximum Gasteiger partial charge on any atom is 0.472 e. The van der Waals surface area contributed by atoms with Crippen LogP contribution < -0.4 is 0 Å². The largest absolute Gasteiger partial charge is 0.472 e. The van der Waals surface area contributed by atoms with Crippen molar-refractivity contribution in [3.63, 3.8) is 0 Å². The van der Waals surface area contributed by atoms with Crippen molar-refractivity contribution in [2.24, 2.45) is 0 Å². The standard InChI is InChI=1S/C12H12N5O6P/c1-6-11-14-2-7(17(11)16-5-15-6)9-12(18,4-13)10-8(22-9)3-21-24(19,20)23-10/h2,5,8-10,18H,3H2,1H3,(H,19,20)/t8-,9+,10-,12+/m1/s1. The Morgan fingerprint density at radius 2 is 2.33 bits per heavy atom. The van der Waals surface area contributed by atoms with Crippen LogP contribution in [0.5, 0.6) is 0 Å². The third-order valence-electron chi connectivity index (χ3n) is 4.08. The van der Waals surface area contributed by atoms with Crippen molar-refractivity contribution in [2.75, 3.05) is 6.61 Å². The lowest BCUT2D eigenvalue weighted by atomic mass is 9.91. The summed E-state index contributed by atoms with van der Waals surface area (Å²) in [4.78, 5) is 17.7. The maximum absolute atomic E-state index is 11.6. The van der Waals surface area contributed by atoms with Crippen LogP contribution in [0.1, 0.15) is 17.5 Å². The molecule has 2 aromatic rings. The number of aromatic nitrogens is 4. The number of nitriles is 1. The van der Waals surface area contributed by atoms with E-state index in [1.54, 1.807) is 13.0 Å². The number of aliphatic hydroxyl groups is 1. The van der Waals surface area contributed by atoms with Crippen LogP contribution in [0.25, 0.3) is 5.65 Å². The summed E-state index contributed by atoms with van der Waals surface area (Å²) in [5.74, 6) is 0. The minimum Gasteiger partial charge on any atom is -0.371 e. The van der Waals surface area contributed by atoms with Gasteiger partial charge >= 0.3 is 7.82 Å². The Kier molecular flexibility index (Phi) is 3.27. The summed E-state index contributed by atoms with van der Waals surface area (Å²) in [7, 11) is -4.35. The van der Waals surface area contributed by atoms with Gasteiger partial charge in [-0.3, -0.25) is 9.05 Å². The van der Waals surface area contributed by atoms with Crippen LogP contribution >= 0.6 is 7.82 Å². The van der Waals surface area contributed by atoms with Crippen LogP contribution in [0.4, 0.5) is 0 Å². The van der Waals surface area contributed by atoms with E-state index >= 15 is 0 Å². The first-order valence-electron chi connectivity index (χ1n) is 6.96. The molecule has 1 unspecified atom stereocenters. The third-order valence-corrected chi connectivity index (χ3v) is 5.05. The fourth-order valence-corrected chi connectivity index (χ4v) is 3.92. The average molecular weight is 353 g/mol. The van der Waals surface area contributed by atoms with Crippen molar-refractivity contribution in [1.29, 1.82) is 5.26 Å². The summed E-state index contributed by atoms with van der Waals surface area (Å²) in [6, 6.07) is 1.73. The van der Waals surface area contributed by atoms with E-state index < -0.39 is 31.7 Å².